The summed E-state index contributed by atoms with van der Waals surface area (Å²) in [5, 5.41) is 21.9. The first-order valence-electron chi connectivity index (χ1n) is 8.85. The highest BCUT2D eigenvalue weighted by Crippen LogP contribution is 2.54. The van der Waals surface area contributed by atoms with Gasteiger partial charge in [-0.15, -0.1) is 10.2 Å². The maximum absolute atomic E-state index is 5.48. The smallest absolute Gasteiger partial charge is 0.219 e. The van der Waals surface area contributed by atoms with Gasteiger partial charge in [-0.2, -0.15) is 19.8 Å². The summed E-state index contributed by atoms with van der Waals surface area (Å²) in [4.78, 5) is 0. The predicted molar refractivity (Wildman–Crippen MR) is 97.6 cm³/mol. The monoisotopic (exact) mass is 364 g/mol. The lowest BCUT2D eigenvalue weighted by Gasteiger charge is -2.06. The van der Waals surface area contributed by atoms with Crippen LogP contribution < -0.4 is 4.74 Å². The van der Waals surface area contributed by atoms with Crippen molar-refractivity contribution in [1.29, 1.82) is 0 Å². The van der Waals surface area contributed by atoms with E-state index in [9.17, 15) is 0 Å². The van der Waals surface area contributed by atoms with Crippen LogP contribution in [-0.2, 0) is 14.1 Å². The first-order valence-corrected chi connectivity index (χ1v) is 8.85. The molecular weight excluding hydrogens is 344 g/mol. The van der Waals surface area contributed by atoms with E-state index in [0.29, 0.717) is 29.1 Å². The zero-order valence-electron chi connectivity index (χ0n) is 15.7. The molecule has 9 heteroatoms. The topological polar surface area (TPSA) is 88.0 Å². The fourth-order valence-electron chi connectivity index (χ4n) is 3.66. The predicted octanol–water partition coefficient (Wildman–Crippen LogP) is 1.85. The Hall–Kier alpha value is -3.23. The molecule has 4 heterocycles. The summed E-state index contributed by atoms with van der Waals surface area (Å²) >= 11 is 0. The van der Waals surface area contributed by atoms with E-state index in [1.54, 1.807) is 11.6 Å². The minimum Gasteiger partial charge on any atom is -0.493 e. The largest absolute Gasteiger partial charge is 0.493 e. The summed E-state index contributed by atoms with van der Waals surface area (Å²) in [5.74, 6) is 2.28. The van der Waals surface area contributed by atoms with Gasteiger partial charge < -0.3 is 4.74 Å². The first-order chi connectivity index (χ1) is 13.0. The molecule has 0 aliphatic heterocycles. The number of nitrogens with zero attached hydrogens (tertiary/aromatic N) is 8. The van der Waals surface area contributed by atoms with Crippen molar-refractivity contribution in [1.82, 2.24) is 39.4 Å². The van der Waals surface area contributed by atoms with Crippen molar-refractivity contribution in [3.63, 3.8) is 0 Å². The summed E-state index contributed by atoms with van der Waals surface area (Å²) in [7, 11) is 5.51. The third kappa shape index (κ3) is 2.49. The van der Waals surface area contributed by atoms with Crippen LogP contribution in [0.3, 0.4) is 0 Å². The Balaban J connectivity index is 1.52. The van der Waals surface area contributed by atoms with Gasteiger partial charge in [0.05, 0.1) is 24.7 Å². The lowest BCUT2D eigenvalue weighted by Crippen LogP contribution is -2.02. The van der Waals surface area contributed by atoms with Crippen molar-refractivity contribution < 1.29 is 4.74 Å². The second-order valence-corrected chi connectivity index (χ2v) is 7.05. The third-order valence-electron chi connectivity index (χ3n) is 5.20. The average Bonchev–Trinajstić information content (AvgIpc) is 2.94. The molecule has 2 unspecified atom stereocenters. The number of ether oxygens (including phenoxy) is 1. The van der Waals surface area contributed by atoms with Crippen LogP contribution in [0.5, 0.6) is 5.75 Å². The first kappa shape index (κ1) is 16.0. The molecule has 138 valence electrons. The second kappa shape index (κ2) is 5.63. The molecule has 1 aliphatic rings. The molecule has 4 aromatic heterocycles. The summed E-state index contributed by atoms with van der Waals surface area (Å²) in [6.07, 6.45) is 5.13. The van der Waals surface area contributed by atoms with Gasteiger partial charge in [0, 0.05) is 32.3 Å². The van der Waals surface area contributed by atoms with Gasteiger partial charge in [-0.25, -0.2) is 0 Å². The SMILES string of the molecule is COc1cc(-c2cc(C3CC3c3cnn(C)c3)nn2C)nn2c(C)nnc12. The normalized spacial score (nSPS) is 19.0. The molecule has 9 nitrogen and oxygen atoms in total. The van der Waals surface area contributed by atoms with Crippen LogP contribution in [0.1, 0.15) is 35.3 Å². The van der Waals surface area contributed by atoms with Crippen molar-refractivity contribution in [2.24, 2.45) is 14.1 Å². The van der Waals surface area contributed by atoms with E-state index in [2.05, 4.69) is 32.7 Å². The van der Waals surface area contributed by atoms with E-state index in [4.69, 9.17) is 9.84 Å². The molecule has 1 aliphatic carbocycles. The van der Waals surface area contributed by atoms with Crippen LogP contribution in [-0.4, -0.2) is 46.5 Å². The van der Waals surface area contributed by atoms with Gasteiger partial charge in [-0.05, 0) is 30.9 Å². The molecular formula is C18H20N8O. The number of hydrogen-bond acceptors (Lipinski definition) is 6. The number of aryl methyl sites for hydroxylation is 3. The van der Waals surface area contributed by atoms with E-state index in [-0.39, 0.29) is 0 Å². The molecule has 4 aromatic rings. The average molecular weight is 364 g/mol. The minimum absolute atomic E-state index is 0.427. The third-order valence-corrected chi connectivity index (χ3v) is 5.20. The number of hydrogen-bond donors (Lipinski definition) is 0. The molecule has 2 atom stereocenters. The fourth-order valence-corrected chi connectivity index (χ4v) is 3.66. The Bertz CT molecular complexity index is 1150. The van der Waals surface area contributed by atoms with Crippen molar-refractivity contribution >= 4 is 5.65 Å². The van der Waals surface area contributed by atoms with E-state index >= 15 is 0 Å². The Labute approximate surface area is 155 Å². The summed E-state index contributed by atoms with van der Waals surface area (Å²) in [6.45, 7) is 1.87. The molecule has 1 saturated carbocycles. The van der Waals surface area contributed by atoms with Crippen LogP contribution in [0, 0.1) is 6.92 Å². The molecule has 0 amide bonds. The van der Waals surface area contributed by atoms with Crippen LogP contribution in [0.15, 0.2) is 24.5 Å². The molecule has 27 heavy (non-hydrogen) atoms. The second-order valence-electron chi connectivity index (χ2n) is 7.05. The zero-order valence-corrected chi connectivity index (χ0v) is 15.7. The molecule has 0 saturated heterocycles. The van der Waals surface area contributed by atoms with Gasteiger partial charge in [-0.1, -0.05) is 0 Å². The minimum atomic E-state index is 0.427. The zero-order chi connectivity index (χ0) is 18.7. The Morgan fingerprint density at radius 2 is 1.96 bits per heavy atom. The molecule has 0 radical (unpaired) electrons. The van der Waals surface area contributed by atoms with Crippen molar-refractivity contribution in [3.8, 4) is 17.1 Å². The van der Waals surface area contributed by atoms with Gasteiger partial charge in [0.25, 0.3) is 0 Å². The van der Waals surface area contributed by atoms with E-state index in [1.165, 1.54) is 5.56 Å². The van der Waals surface area contributed by atoms with Crippen LogP contribution in [0.25, 0.3) is 17.0 Å². The van der Waals surface area contributed by atoms with Crippen molar-refractivity contribution in [2.75, 3.05) is 7.11 Å². The lowest BCUT2D eigenvalue weighted by molar-refractivity contribution is 0.415. The standard InChI is InChI=1S/C18H20N8O/c1-10-20-21-18-17(27-4)7-15(23-26(10)18)16-6-14(22-25(16)3)13-5-12(13)11-8-19-24(2)9-11/h6-9,12-13H,5H2,1-4H3. The highest BCUT2D eigenvalue weighted by Gasteiger charge is 2.42. The van der Waals surface area contributed by atoms with E-state index in [1.807, 2.05) is 42.6 Å². The van der Waals surface area contributed by atoms with E-state index in [0.717, 1.165) is 23.5 Å². The van der Waals surface area contributed by atoms with E-state index < -0.39 is 0 Å². The van der Waals surface area contributed by atoms with Crippen molar-refractivity contribution in [2.45, 2.75) is 25.2 Å². The highest BCUT2D eigenvalue weighted by atomic mass is 16.5. The molecule has 0 spiro atoms. The molecule has 0 N–H and O–H groups in total. The number of fused-ring (bicyclic) bond motifs is 1. The van der Waals surface area contributed by atoms with Crippen molar-refractivity contribution in [3.05, 3.63) is 41.6 Å². The summed E-state index contributed by atoms with van der Waals surface area (Å²) in [6, 6.07) is 4.00. The number of rotatable bonds is 4. The summed E-state index contributed by atoms with van der Waals surface area (Å²) in [5.41, 5.74) is 4.69. The Morgan fingerprint density at radius 1 is 1.11 bits per heavy atom. The Morgan fingerprint density at radius 3 is 2.70 bits per heavy atom. The van der Waals surface area contributed by atoms with Crippen LogP contribution >= 0.6 is 0 Å². The Kier molecular flexibility index (Phi) is 3.33. The number of aromatic nitrogens is 8. The summed E-state index contributed by atoms with van der Waals surface area (Å²) < 4.78 is 10.9. The maximum Gasteiger partial charge on any atom is 0.219 e. The molecule has 5 rings (SSSR count). The lowest BCUT2D eigenvalue weighted by atomic mass is 10.1. The van der Waals surface area contributed by atoms with Gasteiger partial charge in [-0.3, -0.25) is 9.36 Å². The van der Waals surface area contributed by atoms with Crippen LogP contribution in [0.4, 0.5) is 0 Å². The van der Waals surface area contributed by atoms with Crippen LogP contribution in [0.2, 0.25) is 0 Å². The molecule has 0 bridgehead atoms. The molecule has 1 fully saturated rings. The van der Waals surface area contributed by atoms with Gasteiger partial charge in [0.2, 0.25) is 5.65 Å². The number of methoxy groups -OCH3 is 1. The fraction of sp³-hybridized carbons (Fsp3) is 0.389. The maximum atomic E-state index is 5.48. The van der Waals surface area contributed by atoms with Gasteiger partial charge in [0.1, 0.15) is 5.69 Å². The highest BCUT2D eigenvalue weighted by molar-refractivity contribution is 5.63. The quantitative estimate of drug-likeness (QED) is 0.549. The van der Waals surface area contributed by atoms with Gasteiger partial charge >= 0.3 is 0 Å². The van der Waals surface area contributed by atoms with Gasteiger partial charge in [0.15, 0.2) is 11.6 Å². The molecule has 0 aromatic carbocycles.